The molecule has 0 heterocycles. The Morgan fingerprint density at radius 2 is 1.32 bits per heavy atom. The lowest BCUT2D eigenvalue weighted by Gasteiger charge is -2.24. The summed E-state index contributed by atoms with van der Waals surface area (Å²) in [6, 6.07) is 0. The van der Waals surface area contributed by atoms with Crippen LogP contribution < -0.4 is 0 Å². The molecular weight excluding hydrogens is 384 g/mol. The Morgan fingerprint density at radius 3 is 1.77 bits per heavy atom. The molecule has 1 aliphatic carbocycles. The zero-order valence-electron chi connectivity index (χ0n) is 21.5. The first-order chi connectivity index (χ1) is 14.8. The number of hydrogen-bond acceptors (Lipinski definition) is 3. The van der Waals surface area contributed by atoms with Gasteiger partial charge in [0.05, 0.1) is 0 Å². The molecule has 1 unspecified atom stereocenters. The number of carbonyl (C=O) groups is 3. The number of rotatable bonds is 15. The average molecular weight is 435 g/mol. The summed E-state index contributed by atoms with van der Waals surface area (Å²) in [5.41, 5.74) is 2.66. The van der Waals surface area contributed by atoms with Crippen molar-refractivity contribution in [2.45, 2.75) is 138 Å². The Kier molecular flexibility index (Phi) is 17.6. The summed E-state index contributed by atoms with van der Waals surface area (Å²) in [4.78, 5) is 34.9. The highest BCUT2D eigenvalue weighted by Gasteiger charge is 2.23. The predicted molar refractivity (Wildman–Crippen MR) is 132 cm³/mol. The van der Waals surface area contributed by atoms with Gasteiger partial charge in [-0.2, -0.15) is 0 Å². The van der Waals surface area contributed by atoms with Crippen molar-refractivity contribution in [2.24, 2.45) is 11.8 Å². The van der Waals surface area contributed by atoms with Gasteiger partial charge in [-0.3, -0.25) is 14.4 Å². The normalized spacial score (nSPS) is 16.4. The van der Waals surface area contributed by atoms with Crippen molar-refractivity contribution in [3.05, 3.63) is 11.1 Å². The van der Waals surface area contributed by atoms with E-state index in [0.717, 1.165) is 51.4 Å². The van der Waals surface area contributed by atoms with E-state index in [0.29, 0.717) is 49.0 Å². The number of allylic oxidation sites excluding steroid dienone is 2. The highest BCUT2D eigenvalue weighted by molar-refractivity contribution is 5.97. The Labute approximate surface area is 192 Å². The van der Waals surface area contributed by atoms with E-state index in [4.69, 9.17) is 0 Å². The molecule has 0 radical (unpaired) electrons. The minimum absolute atomic E-state index is 0.230. The van der Waals surface area contributed by atoms with E-state index >= 15 is 0 Å². The van der Waals surface area contributed by atoms with Crippen LogP contribution in [-0.4, -0.2) is 17.3 Å². The zero-order chi connectivity index (χ0) is 23.6. The van der Waals surface area contributed by atoms with Gasteiger partial charge in [0.25, 0.3) is 0 Å². The lowest BCUT2D eigenvalue weighted by molar-refractivity contribution is -0.122. The van der Waals surface area contributed by atoms with Gasteiger partial charge >= 0.3 is 0 Å². The minimum atomic E-state index is 0.230. The molecule has 0 aliphatic heterocycles. The molecule has 0 aromatic carbocycles. The van der Waals surface area contributed by atoms with E-state index in [-0.39, 0.29) is 5.92 Å². The van der Waals surface area contributed by atoms with Crippen LogP contribution in [0.1, 0.15) is 138 Å². The first-order valence-corrected chi connectivity index (χ1v) is 13.1. The Bertz CT molecular complexity index is 537. The first kappa shape index (κ1) is 29.8. The second-order valence-electron chi connectivity index (χ2n) is 9.67. The molecule has 0 saturated carbocycles. The minimum Gasteiger partial charge on any atom is -0.300 e. The Hall–Kier alpha value is -1.25. The molecule has 3 nitrogen and oxygen atoms in total. The highest BCUT2D eigenvalue weighted by atomic mass is 16.1. The average Bonchev–Trinajstić information content (AvgIpc) is 2.71. The third-order valence-electron chi connectivity index (χ3n) is 5.99. The van der Waals surface area contributed by atoms with Crippen LogP contribution in [0.3, 0.4) is 0 Å². The molecule has 1 atom stereocenters. The van der Waals surface area contributed by atoms with Crippen LogP contribution in [0.15, 0.2) is 11.1 Å². The van der Waals surface area contributed by atoms with Crippen molar-refractivity contribution in [2.75, 3.05) is 0 Å². The number of Topliss-reactive ketones (excluding diaryl/α,β-unsaturated/α-hetero) is 3. The van der Waals surface area contributed by atoms with Crippen molar-refractivity contribution >= 4 is 17.3 Å². The zero-order valence-corrected chi connectivity index (χ0v) is 21.5. The van der Waals surface area contributed by atoms with Gasteiger partial charge in [0.2, 0.25) is 0 Å². The molecule has 3 heteroatoms. The maximum atomic E-state index is 11.9. The van der Waals surface area contributed by atoms with Crippen molar-refractivity contribution in [1.29, 1.82) is 0 Å². The van der Waals surface area contributed by atoms with E-state index < -0.39 is 0 Å². The molecule has 180 valence electrons. The first-order valence-electron chi connectivity index (χ1n) is 13.1. The summed E-state index contributed by atoms with van der Waals surface area (Å²) in [7, 11) is 0. The summed E-state index contributed by atoms with van der Waals surface area (Å²) < 4.78 is 0. The van der Waals surface area contributed by atoms with Gasteiger partial charge in [0.15, 0.2) is 5.78 Å². The molecule has 0 N–H and O–H groups in total. The molecule has 1 aliphatic rings. The fourth-order valence-electron chi connectivity index (χ4n) is 4.26. The van der Waals surface area contributed by atoms with Crippen LogP contribution >= 0.6 is 0 Å². The fourth-order valence-corrected chi connectivity index (χ4v) is 4.26. The molecule has 0 amide bonds. The van der Waals surface area contributed by atoms with Crippen molar-refractivity contribution in [3.63, 3.8) is 0 Å². The summed E-state index contributed by atoms with van der Waals surface area (Å²) in [6.07, 6.45) is 14.3. The lowest BCUT2D eigenvalue weighted by Crippen LogP contribution is -2.17. The maximum Gasteiger partial charge on any atom is 0.159 e. The lowest BCUT2D eigenvalue weighted by atomic mass is 9.80. The van der Waals surface area contributed by atoms with Gasteiger partial charge in [0, 0.05) is 32.1 Å². The van der Waals surface area contributed by atoms with E-state index in [9.17, 15) is 14.4 Å². The van der Waals surface area contributed by atoms with Gasteiger partial charge < -0.3 is 0 Å². The van der Waals surface area contributed by atoms with Gasteiger partial charge in [-0.25, -0.2) is 0 Å². The Balaban J connectivity index is 0.000000581. The molecule has 0 saturated heterocycles. The number of carbonyl (C=O) groups excluding carboxylic acids is 3. The monoisotopic (exact) mass is 434 g/mol. The second-order valence-corrected chi connectivity index (χ2v) is 9.67. The van der Waals surface area contributed by atoms with Crippen LogP contribution in [0.4, 0.5) is 0 Å². The third kappa shape index (κ3) is 14.4. The van der Waals surface area contributed by atoms with Gasteiger partial charge in [-0.1, -0.05) is 72.8 Å². The summed E-state index contributed by atoms with van der Waals surface area (Å²) in [5.74, 6) is 1.87. The quantitative estimate of drug-likeness (QED) is 0.261. The maximum absolute atomic E-state index is 11.9. The molecule has 0 aromatic rings. The van der Waals surface area contributed by atoms with Crippen LogP contribution in [-0.2, 0) is 14.4 Å². The molecule has 0 spiro atoms. The molecule has 31 heavy (non-hydrogen) atoms. The molecule has 0 fully saturated rings. The fraction of sp³-hybridized carbons (Fsp3) is 0.821. The summed E-state index contributed by atoms with van der Waals surface area (Å²) in [5, 5.41) is 0. The largest absolute Gasteiger partial charge is 0.300 e. The SMILES string of the molecule is CCCCC(=O)CC(C)CC(=O)CCCC.CCCCC1=C(CCC)C(=O)CC(C)C1. The van der Waals surface area contributed by atoms with Gasteiger partial charge in [-0.05, 0) is 55.9 Å². The molecule has 0 bridgehead atoms. The van der Waals surface area contributed by atoms with Crippen molar-refractivity contribution in [3.8, 4) is 0 Å². The molecule has 0 aromatic heterocycles. The molecular formula is C28H50O3. The summed E-state index contributed by atoms with van der Waals surface area (Å²) >= 11 is 0. The highest BCUT2D eigenvalue weighted by Crippen LogP contribution is 2.32. The van der Waals surface area contributed by atoms with Crippen molar-refractivity contribution < 1.29 is 14.4 Å². The van der Waals surface area contributed by atoms with E-state index in [2.05, 4.69) is 34.6 Å². The smallest absolute Gasteiger partial charge is 0.159 e. The predicted octanol–water partition coefficient (Wildman–Crippen LogP) is 8.19. The number of ketones is 3. The topological polar surface area (TPSA) is 51.2 Å². The van der Waals surface area contributed by atoms with Gasteiger partial charge in [-0.15, -0.1) is 0 Å². The van der Waals surface area contributed by atoms with E-state index in [1.54, 1.807) is 0 Å². The number of unbranched alkanes of at least 4 members (excludes halogenated alkanes) is 3. The standard InChI is InChI=1S/C14H26O2.C14H24O/c1-4-6-8-13(15)10-12(3)11-14(16)9-7-5-2;1-4-6-8-12-9-11(3)10-14(15)13(12)7-5-2/h12H,4-11H2,1-3H3;11H,4-10H2,1-3H3. The second kappa shape index (κ2) is 18.3. The van der Waals surface area contributed by atoms with Crippen LogP contribution in [0, 0.1) is 11.8 Å². The van der Waals surface area contributed by atoms with Crippen LogP contribution in [0.25, 0.3) is 0 Å². The molecule has 1 rings (SSSR count). The van der Waals surface area contributed by atoms with Gasteiger partial charge in [0.1, 0.15) is 11.6 Å². The van der Waals surface area contributed by atoms with E-state index in [1.807, 2.05) is 6.92 Å². The number of hydrogen-bond donors (Lipinski definition) is 0. The van der Waals surface area contributed by atoms with Crippen molar-refractivity contribution in [1.82, 2.24) is 0 Å². The van der Waals surface area contributed by atoms with Crippen LogP contribution in [0.5, 0.6) is 0 Å². The van der Waals surface area contributed by atoms with E-state index in [1.165, 1.54) is 30.4 Å². The third-order valence-corrected chi connectivity index (χ3v) is 5.99. The summed E-state index contributed by atoms with van der Waals surface area (Å²) in [6.45, 7) is 12.8. The Morgan fingerprint density at radius 1 is 0.806 bits per heavy atom. The van der Waals surface area contributed by atoms with Crippen LogP contribution in [0.2, 0.25) is 0 Å².